The van der Waals surface area contributed by atoms with Crippen LogP contribution in [0.5, 0.6) is 0 Å². The number of aromatic nitrogens is 1. The molecule has 1 aliphatic heterocycles. The van der Waals surface area contributed by atoms with Crippen LogP contribution in [0.4, 0.5) is 4.39 Å². The van der Waals surface area contributed by atoms with Crippen molar-refractivity contribution in [3.8, 4) is 0 Å². The van der Waals surface area contributed by atoms with Crippen molar-refractivity contribution in [1.82, 2.24) is 9.88 Å². The van der Waals surface area contributed by atoms with Crippen LogP contribution < -0.4 is 0 Å². The Hall–Kier alpha value is -1.35. The summed E-state index contributed by atoms with van der Waals surface area (Å²) < 4.78 is 14.1. The maximum absolute atomic E-state index is 14.1. The van der Waals surface area contributed by atoms with E-state index in [0.717, 1.165) is 25.8 Å². The number of H-pyrrole nitrogens is 1. The van der Waals surface area contributed by atoms with E-state index in [2.05, 4.69) is 48.0 Å². The van der Waals surface area contributed by atoms with E-state index in [9.17, 15) is 4.39 Å². The third-order valence-electron chi connectivity index (χ3n) is 4.69. The Morgan fingerprint density at radius 2 is 2.19 bits per heavy atom. The Morgan fingerprint density at radius 3 is 3.00 bits per heavy atom. The van der Waals surface area contributed by atoms with Gasteiger partial charge in [-0.2, -0.15) is 0 Å². The third kappa shape index (κ3) is 2.98. The number of rotatable bonds is 5. The summed E-state index contributed by atoms with van der Waals surface area (Å²) in [7, 11) is 0. The number of alkyl halides is 1. The SMILES string of the molecule is CCCCC(F)CN1Cc2[nH]c3ccccc3c2CC1C. The number of nitrogens with zero attached hydrogens (tertiary/aromatic N) is 1. The standard InChI is InChI=1S/C18H25FN2/c1-3-4-7-14(19)11-21-12-18-16(10-13(21)2)15-8-5-6-9-17(15)20-18/h5-6,8-9,13-14,20H,3-4,7,10-12H2,1-2H3. The molecule has 0 saturated heterocycles. The second-order valence-corrected chi connectivity index (χ2v) is 6.35. The minimum atomic E-state index is -0.696. The van der Waals surface area contributed by atoms with Gasteiger partial charge < -0.3 is 4.98 Å². The Bertz CT molecular complexity index is 604. The van der Waals surface area contributed by atoms with Gasteiger partial charge in [0, 0.05) is 35.7 Å². The molecule has 1 aromatic carbocycles. The molecule has 3 heteroatoms. The molecule has 114 valence electrons. The van der Waals surface area contributed by atoms with Gasteiger partial charge in [-0.1, -0.05) is 38.0 Å². The number of unbranched alkanes of at least 4 members (excludes halogenated alkanes) is 1. The van der Waals surface area contributed by atoms with Gasteiger partial charge in [0.15, 0.2) is 0 Å². The fraction of sp³-hybridized carbons (Fsp3) is 0.556. The number of benzene rings is 1. The fourth-order valence-corrected chi connectivity index (χ4v) is 3.42. The minimum absolute atomic E-state index is 0.414. The molecule has 0 saturated carbocycles. The van der Waals surface area contributed by atoms with Gasteiger partial charge in [-0.05, 0) is 31.4 Å². The summed E-state index contributed by atoms with van der Waals surface area (Å²) in [6.45, 7) is 5.75. The van der Waals surface area contributed by atoms with Crippen molar-refractivity contribution in [3.63, 3.8) is 0 Å². The predicted molar refractivity (Wildman–Crippen MR) is 86.3 cm³/mol. The van der Waals surface area contributed by atoms with Crippen LogP contribution in [0.1, 0.15) is 44.4 Å². The van der Waals surface area contributed by atoms with Crippen LogP contribution in [0.3, 0.4) is 0 Å². The molecule has 1 aliphatic rings. The quantitative estimate of drug-likeness (QED) is 0.861. The molecule has 0 spiro atoms. The fourth-order valence-electron chi connectivity index (χ4n) is 3.42. The molecule has 0 radical (unpaired) electrons. The number of hydrogen-bond acceptors (Lipinski definition) is 1. The van der Waals surface area contributed by atoms with E-state index in [4.69, 9.17) is 0 Å². The molecule has 0 amide bonds. The first-order valence-corrected chi connectivity index (χ1v) is 8.15. The van der Waals surface area contributed by atoms with Crippen LogP contribution in [-0.2, 0) is 13.0 Å². The van der Waals surface area contributed by atoms with Crippen molar-refractivity contribution in [2.45, 2.75) is 58.3 Å². The average Bonchev–Trinajstić information content (AvgIpc) is 2.83. The smallest absolute Gasteiger partial charge is 0.113 e. The van der Waals surface area contributed by atoms with Crippen molar-refractivity contribution in [2.75, 3.05) is 6.54 Å². The lowest BCUT2D eigenvalue weighted by Gasteiger charge is -2.34. The van der Waals surface area contributed by atoms with E-state index in [1.807, 2.05) is 0 Å². The highest BCUT2D eigenvalue weighted by atomic mass is 19.1. The second kappa shape index (κ2) is 6.18. The van der Waals surface area contributed by atoms with Gasteiger partial charge >= 0.3 is 0 Å². The van der Waals surface area contributed by atoms with Crippen LogP contribution >= 0.6 is 0 Å². The Morgan fingerprint density at radius 1 is 1.38 bits per heavy atom. The van der Waals surface area contributed by atoms with E-state index in [1.165, 1.54) is 22.2 Å². The molecule has 2 aromatic rings. The number of fused-ring (bicyclic) bond motifs is 3. The van der Waals surface area contributed by atoms with Crippen molar-refractivity contribution < 1.29 is 4.39 Å². The van der Waals surface area contributed by atoms with Gasteiger partial charge in [0.1, 0.15) is 6.17 Å². The first kappa shape index (κ1) is 14.6. The number of nitrogens with one attached hydrogen (secondary N) is 1. The number of aromatic amines is 1. The lowest BCUT2D eigenvalue weighted by atomic mass is 9.97. The second-order valence-electron chi connectivity index (χ2n) is 6.35. The van der Waals surface area contributed by atoms with Crippen LogP contribution in [0, 0.1) is 0 Å². The monoisotopic (exact) mass is 288 g/mol. The largest absolute Gasteiger partial charge is 0.357 e. The molecule has 2 atom stereocenters. The summed E-state index contributed by atoms with van der Waals surface area (Å²) in [6, 6.07) is 8.88. The molecule has 0 bridgehead atoms. The molecule has 1 N–H and O–H groups in total. The highest BCUT2D eigenvalue weighted by Crippen LogP contribution is 2.30. The number of para-hydroxylation sites is 1. The Labute approximate surface area is 126 Å². The van der Waals surface area contributed by atoms with E-state index < -0.39 is 6.17 Å². The third-order valence-corrected chi connectivity index (χ3v) is 4.69. The van der Waals surface area contributed by atoms with Gasteiger partial charge in [-0.3, -0.25) is 4.90 Å². The summed E-state index contributed by atoms with van der Waals surface area (Å²) in [5.41, 5.74) is 3.91. The molecule has 3 rings (SSSR count). The Kier molecular flexibility index (Phi) is 4.29. The van der Waals surface area contributed by atoms with E-state index in [0.29, 0.717) is 19.0 Å². The number of halogens is 1. The highest BCUT2D eigenvalue weighted by molar-refractivity contribution is 5.84. The molecule has 1 aromatic heterocycles. The molecule has 21 heavy (non-hydrogen) atoms. The van der Waals surface area contributed by atoms with Crippen molar-refractivity contribution in [1.29, 1.82) is 0 Å². The molecule has 2 nitrogen and oxygen atoms in total. The van der Waals surface area contributed by atoms with Gasteiger partial charge in [0.2, 0.25) is 0 Å². The molecule has 2 heterocycles. The van der Waals surface area contributed by atoms with Crippen LogP contribution in [0.15, 0.2) is 24.3 Å². The van der Waals surface area contributed by atoms with E-state index in [-0.39, 0.29) is 0 Å². The normalized spacial score (nSPS) is 20.6. The van der Waals surface area contributed by atoms with Gasteiger partial charge in [0.05, 0.1) is 0 Å². The maximum atomic E-state index is 14.1. The highest BCUT2D eigenvalue weighted by Gasteiger charge is 2.27. The lowest BCUT2D eigenvalue weighted by Crippen LogP contribution is -2.41. The number of hydrogen-bond donors (Lipinski definition) is 1. The Balaban J connectivity index is 1.76. The summed E-state index contributed by atoms with van der Waals surface area (Å²) in [5.74, 6) is 0. The van der Waals surface area contributed by atoms with Gasteiger partial charge in [-0.15, -0.1) is 0 Å². The zero-order valence-corrected chi connectivity index (χ0v) is 13.0. The van der Waals surface area contributed by atoms with Crippen molar-refractivity contribution in [2.24, 2.45) is 0 Å². The summed E-state index contributed by atoms with van der Waals surface area (Å²) >= 11 is 0. The van der Waals surface area contributed by atoms with E-state index in [1.54, 1.807) is 0 Å². The molecule has 0 aliphatic carbocycles. The maximum Gasteiger partial charge on any atom is 0.113 e. The summed E-state index contributed by atoms with van der Waals surface area (Å²) in [6.07, 6.45) is 3.07. The van der Waals surface area contributed by atoms with Gasteiger partial charge in [-0.25, -0.2) is 4.39 Å². The average molecular weight is 288 g/mol. The van der Waals surface area contributed by atoms with Crippen molar-refractivity contribution in [3.05, 3.63) is 35.5 Å². The predicted octanol–water partition coefficient (Wildman–Crippen LogP) is 4.44. The summed E-state index contributed by atoms with van der Waals surface area (Å²) in [5, 5.41) is 1.33. The van der Waals surface area contributed by atoms with Crippen LogP contribution in [0.2, 0.25) is 0 Å². The molecule has 2 unspecified atom stereocenters. The van der Waals surface area contributed by atoms with Crippen LogP contribution in [-0.4, -0.2) is 28.6 Å². The molecular weight excluding hydrogens is 263 g/mol. The van der Waals surface area contributed by atoms with Crippen molar-refractivity contribution >= 4 is 10.9 Å². The molecule has 0 fully saturated rings. The first-order valence-electron chi connectivity index (χ1n) is 8.15. The zero-order valence-electron chi connectivity index (χ0n) is 13.0. The zero-order chi connectivity index (χ0) is 14.8. The van der Waals surface area contributed by atoms with Crippen LogP contribution in [0.25, 0.3) is 10.9 Å². The molecular formula is C18H25FN2. The van der Waals surface area contributed by atoms with E-state index >= 15 is 0 Å². The topological polar surface area (TPSA) is 19.0 Å². The lowest BCUT2D eigenvalue weighted by molar-refractivity contribution is 0.126. The first-order chi connectivity index (χ1) is 10.2. The summed E-state index contributed by atoms with van der Waals surface area (Å²) in [4.78, 5) is 5.81. The minimum Gasteiger partial charge on any atom is -0.357 e. The van der Waals surface area contributed by atoms with Gasteiger partial charge in [0.25, 0.3) is 0 Å².